The first-order chi connectivity index (χ1) is 14.0. The summed E-state index contributed by atoms with van der Waals surface area (Å²) in [4.78, 5) is 17.7. The van der Waals surface area contributed by atoms with Crippen LogP contribution >= 0.6 is 0 Å². The summed E-state index contributed by atoms with van der Waals surface area (Å²) in [7, 11) is 3.14. The topological polar surface area (TPSA) is 65.4 Å². The minimum absolute atomic E-state index is 0.196. The number of rotatable bonds is 8. The summed E-state index contributed by atoms with van der Waals surface area (Å²) >= 11 is 0. The van der Waals surface area contributed by atoms with Crippen LogP contribution in [0.5, 0.6) is 11.5 Å². The van der Waals surface area contributed by atoms with E-state index in [0.29, 0.717) is 23.5 Å². The lowest BCUT2D eigenvalue weighted by molar-refractivity contribution is 0.0937. The zero-order valence-electron chi connectivity index (χ0n) is 17.4. The fourth-order valence-corrected chi connectivity index (χ4v) is 3.58. The number of aryl methyl sites for hydroxylation is 1. The molecule has 0 radical (unpaired) electrons. The molecule has 0 aliphatic heterocycles. The van der Waals surface area contributed by atoms with Gasteiger partial charge in [-0.1, -0.05) is 18.2 Å². The molecule has 0 bridgehead atoms. The summed E-state index contributed by atoms with van der Waals surface area (Å²) in [6.45, 7) is 8.57. The quantitative estimate of drug-likeness (QED) is 0.580. The molecule has 3 aromatic rings. The third-order valence-corrected chi connectivity index (χ3v) is 4.92. The number of carbonyl (C=O) groups excluding carboxylic acids is 1. The Morgan fingerprint density at radius 1 is 1.28 bits per heavy atom. The molecule has 1 N–H and O–H groups in total. The van der Waals surface area contributed by atoms with Gasteiger partial charge in [0, 0.05) is 17.7 Å². The number of ether oxygens (including phenoxy) is 2. The number of para-hydroxylation sites is 2. The van der Waals surface area contributed by atoms with Crippen molar-refractivity contribution in [3.63, 3.8) is 0 Å². The Balaban J connectivity index is 1.92. The number of amides is 1. The highest BCUT2D eigenvalue weighted by atomic mass is 16.5. The van der Waals surface area contributed by atoms with E-state index < -0.39 is 0 Å². The van der Waals surface area contributed by atoms with Crippen molar-refractivity contribution < 1.29 is 14.3 Å². The highest BCUT2D eigenvalue weighted by Crippen LogP contribution is 2.33. The molecule has 0 spiro atoms. The minimum Gasteiger partial charge on any atom is -0.493 e. The first kappa shape index (κ1) is 20.5. The standard InChI is InChI=1S/C23H27N3O3/c1-6-10-16-13-17(14-20(28-4)21(16)29-5)23(27)24-15(3)22-25-18-11-8-9-12-19(18)26(22)7-2/h6,8-9,11-15H,1,7,10H2,2-5H3,(H,24,27). The molecule has 2 aromatic carbocycles. The van der Waals surface area contributed by atoms with Crippen molar-refractivity contribution in [3.05, 3.63) is 66.0 Å². The second-order valence-corrected chi connectivity index (χ2v) is 6.76. The van der Waals surface area contributed by atoms with E-state index in [1.165, 1.54) is 0 Å². The summed E-state index contributed by atoms with van der Waals surface area (Å²) in [5, 5.41) is 3.06. The Kier molecular flexibility index (Phi) is 6.22. The number of aromatic nitrogens is 2. The number of hydrogen-bond acceptors (Lipinski definition) is 4. The number of imidazole rings is 1. The lowest BCUT2D eigenvalue weighted by atomic mass is 10.0. The first-order valence-corrected chi connectivity index (χ1v) is 9.65. The van der Waals surface area contributed by atoms with E-state index in [-0.39, 0.29) is 11.9 Å². The van der Waals surface area contributed by atoms with Gasteiger partial charge in [0.1, 0.15) is 5.82 Å². The second-order valence-electron chi connectivity index (χ2n) is 6.76. The molecule has 1 atom stereocenters. The van der Waals surface area contributed by atoms with Gasteiger partial charge in [0.25, 0.3) is 5.91 Å². The minimum atomic E-state index is -0.259. The maximum Gasteiger partial charge on any atom is 0.252 e. The van der Waals surface area contributed by atoms with E-state index in [4.69, 9.17) is 14.5 Å². The van der Waals surface area contributed by atoms with Crippen molar-refractivity contribution in [3.8, 4) is 11.5 Å². The average molecular weight is 393 g/mol. The fourth-order valence-electron chi connectivity index (χ4n) is 3.58. The summed E-state index contributed by atoms with van der Waals surface area (Å²) < 4.78 is 13.0. The number of hydrogen-bond donors (Lipinski definition) is 1. The third kappa shape index (κ3) is 3.97. The van der Waals surface area contributed by atoms with Crippen LogP contribution in [0.3, 0.4) is 0 Å². The van der Waals surface area contributed by atoms with Crippen LogP contribution in [-0.2, 0) is 13.0 Å². The van der Waals surface area contributed by atoms with Crippen molar-refractivity contribution in [2.75, 3.05) is 14.2 Å². The molecular weight excluding hydrogens is 366 g/mol. The van der Waals surface area contributed by atoms with Crippen LogP contribution in [0.15, 0.2) is 49.1 Å². The molecule has 6 nitrogen and oxygen atoms in total. The van der Waals surface area contributed by atoms with Gasteiger partial charge >= 0.3 is 0 Å². The van der Waals surface area contributed by atoms with Crippen LogP contribution in [0.25, 0.3) is 11.0 Å². The molecule has 152 valence electrons. The highest BCUT2D eigenvalue weighted by molar-refractivity contribution is 5.95. The summed E-state index contributed by atoms with van der Waals surface area (Å²) in [6.07, 6.45) is 2.34. The Bertz CT molecular complexity index is 1040. The Labute approximate surface area is 171 Å². The maximum atomic E-state index is 13.0. The van der Waals surface area contributed by atoms with Crippen LogP contribution in [0.4, 0.5) is 0 Å². The Morgan fingerprint density at radius 2 is 2.03 bits per heavy atom. The predicted molar refractivity (Wildman–Crippen MR) is 115 cm³/mol. The van der Waals surface area contributed by atoms with Crippen molar-refractivity contribution in [2.24, 2.45) is 0 Å². The van der Waals surface area contributed by atoms with Crippen molar-refractivity contribution >= 4 is 16.9 Å². The van der Waals surface area contributed by atoms with E-state index in [1.54, 1.807) is 26.4 Å². The lowest BCUT2D eigenvalue weighted by Crippen LogP contribution is -2.28. The molecule has 0 fully saturated rings. The predicted octanol–water partition coefficient (Wildman–Crippen LogP) is 4.29. The molecule has 1 amide bonds. The summed E-state index contributed by atoms with van der Waals surface area (Å²) in [6, 6.07) is 11.2. The van der Waals surface area contributed by atoms with Gasteiger partial charge in [-0.05, 0) is 44.5 Å². The summed E-state index contributed by atoms with van der Waals surface area (Å²) in [5.74, 6) is 1.77. The largest absolute Gasteiger partial charge is 0.493 e. The zero-order valence-corrected chi connectivity index (χ0v) is 17.4. The van der Waals surface area contributed by atoms with Crippen molar-refractivity contribution in [1.82, 2.24) is 14.9 Å². The fraction of sp³-hybridized carbons (Fsp3) is 0.304. The molecule has 3 rings (SSSR count). The number of carbonyl (C=O) groups is 1. The van der Waals surface area contributed by atoms with Gasteiger partial charge in [-0.15, -0.1) is 6.58 Å². The molecule has 0 saturated carbocycles. The number of fused-ring (bicyclic) bond motifs is 1. The van der Waals surface area contributed by atoms with E-state index in [2.05, 4.69) is 23.4 Å². The Hall–Kier alpha value is -3.28. The van der Waals surface area contributed by atoms with Gasteiger partial charge in [-0.2, -0.15) is 0 Å². The molecule has 1 heterocycles. The van der Waals surface area contributed by atoms with Gasteiger partial charge in [-0.3, -0.25) is 4.79 Å². The van der Waals surface area contributed by atoms with Gasteiger partial charge in [-0.25, -0.2) is 4.98 Å². The van der Waals surface area contributed by atoms with E-state index >= 15 is 0 Å². The number of benzene rings is 2. The molecule has 29 heavy (non-hydrogen) atoms. The highest BCUT2D eigenvalue weighted by Gasteiger charge is 2.20. The van der Waals surface area contributed by atoms with Crippen LogP contribution in [0, 0.1) is 0 Å². The zero-order chi connectivity index (χ0) is 21.0. The molecule has 0 saturated heterocycles. The number of methoxy groups -OCH3 is 2. The third-order valence-electron chi connectivity index (χ3n) is 4.92. The molecule has 1 unspecified atom stereocenters. The SMILES string of the molecule is C=CCc1cc(C(=O)NC(C)c2nc3ccccc3n2CC)cc(OC)c1OC. The molecule has 0 aliphatic carbocycles. The van der Waals surface area contributed by atoms with Crippen LogP contribution in [0.1, 0.15) is 41.6 Å². The normalized spacial score (nSPS) is 11.9. The van der Waals surface area contributed by atoms with Crippen LogP contribution in [0.2, 0.25) is 0 Å². The van der Waals surface area contributed by atoms with Gasteiger partial charge in [0.2, 0.25) is 0 Å². The Morgan fingerprint density at radius 3 is 2.69 bits per heavy atom. The lowest BCUT2D eigenvalue weighted by Gasteiger charge is -2.17. The number of nitrogens with zero attached hydrogens (tertiary/aromatic N) is 2. The maximum absolute atomic E-state index is 13.0. The first-order valence-electron chi connectivity index (χ1n) is 9.65. The molecule has 0 aliphatic rings. The van der Waals surface area contributed by atoms with E-state index in [1.807, 2.05) is 37.3 Å². The number of allylic oxidation sites excluding steroid dienone is 1. The van der Waals surface area contributed by atoms with E-state index in [9.17, 15) is 4.79 Å². The molecule has 1 aromatic heterocycles. The second kappa shape index (κ2) is 8.82. The van der Waals surface area contributed by atoms with Crippen molar-refractivity contribution in [1.29, 1.82) is 0 Å². The van der Waals surface area contributed by atoms with Crippen molar-refractivity contribution in [2.45, 2.75) is 32.9 Å². The summed E-state index contributed by atoms with van der Waals surface area (Å²) in [5.41, 5.74) is 3.33. The average Bonchev–Trinajstić information content (AvgIpc) is 3.12. The van der Waals surface area contributed by atoms with Crippen LogP contribution in [-0.4, -0.2) is 29.7 Å². The number of nitrogens with one attached hydrogen (secondary N) is 1. The van der Waals surface area contributed by atoms with Gasteiger partial charge < -0.3 is 19.4 Å². The smallest absolute Gasteiger partial charge is 0.252 e. The van der Waals surface area contributed by atoms with Gasteiger partial charge in [0.15, 0.2) is 11.5 Å². The monoisotopic (exact) mass is 393 g/mol. The van der Waals surface area contributed by atoms with E-state index in [0.717, 1.165) is 29.0 Å². The van der Waals surface area contributed by atoms with Crippen LogP contribution < -0.4 is 14.8 Å². The molecule has 6 heteroatoms. The van der Waals surface area contributed by atoms with Gasteiger partial charge in [0.05, 0.1) is 31.3 Å². The molecular formula is C23H27N3O3.